The van der Waals surface area contributed by atoms with Crippen LogP contribution < -0.4 is 4.74 Å². The van der Waals surface area contributed by atoms with Gasteiger partial charge in [-0.1, -0.05) is 18.2 Å². The second-order valence-electron chi connectivity index (χ2n) is 5.85. The van der Waals surface area contributed by atoms with Gasteiger partial charge < -0.3 is 4.74 Å². The first kappa shape index (κ1) is 16.6. The molecule has 27 heavy (non-hydrogen) atoms. The normalized spacial score (nSPS) is 10.7. The van der Waals surface area contributed by atoms with Crippen LogP contribution in [0.5, 0.6) is 5.88 Å². The van der Waals surface area contributed by atoms with Crippen molar-refractivity contribution in [3.05, 3.63) is 71.9 Å². The lowest BCUT2D eigenvalue weighted by molar-refractivity contribution is -0.729. The number of pyridine rings is 1. The van der Waals surface area contributed by atoms with E-state index < -0.39 is 0 Å². The lowest BCUT2D eigenvalue weighted by Crippen LogP contribution is -1.97. The van der Waals surface area contributed by atoms with Crippen LogP contribution in [0.25, 0.3) is 33.4 Å². The number of nitrogens with zero attached hydrogens (tertiary/aromatic N) is 4. The van der Waals surface area contributed by atoms with E-state index >= 15 is 0 Å². The minimum absolute atomic E-state index is 0.155. The topological polar surface area (TPSA) is 88.2 Å². The molecular formula is C20H15N4O3+. The van der Waals surface area contributed by atoms with Crippen LogP contribution in [0.3, 0.4) is 0 Å². The molecule has 0 unspecified atom stereocenters. The van der Waals surface area contributed by atoms with Gasteiger partial charge in [0.1, 0.15) is 0 Å². The highest BCUT2D eigenvalue weighted by Gasteiger charge is 2.14. The van der Waals surface area contributed by atoms with Crippen molar-refractivity contribution in [1.82, 2.24) is 15.0 Å². The van der Waals surface area contributed by atoms with Gasteiger partial charge in [0.05, 0.1) is 22.9 Å². The molecule has 2 heterocycles. The standard InChI is InChI=1S/C20H15N4O3/c1-27-20-17-11-14(13-4-2-6-16(10-13)24(25)26)7-8-18(17)22-19(23-20)15-5-3-9-21-12-15/h2-12H,1H3,(H,25,26)/q+1. The summed E-state index contributed by atoms with van der Waals surface area (Å²) in [5.74, 6) is 0.981. The van der Waals surface area contributed by atoms with Crippen molar-refractivity contribution in [2.24, 2.45) is 0 Å². The Labute approximate surface area is 154 Å². The number of hydrogen-bond acceptors (Lipinski definition) is 5. The summed E-state index contributed by atoms with van der Waals surface area (Å²) in [4.78, 5) is 24.2. The predicted molar refractivity (Wildman–Crippen MR) is 99.8 cm³/mol. The number of hydrogen-bond donors (Lipinski definition) is 1. The summed E-state index contributed by atoms with van der Waals surface area (Å²) >= 11 is 0. The van der Waals surface area contributed by atoms with Crippen LogP contribution in [0, 0.1) is 4.91 Å². The molecule has 0 bridgehead atoms. The van der Waals surface area contributed by atoms with Crippen LogP contribution in [-0.4, -0.2) is 32.2 Å². The SMILES string of the molecule is COc1nc(-c2cccnc2)nc2ccc(-c3cccc([N+](=O)O)c3)cc12. The van der Waals surface area contributed by atoms with Gasteiger partial charge in [-0.3, -0.25) is 4.98 Å². The van der Waals surface area contributed by atoms with E-state index in [2.05, 4.69) is 15.0 Å². The van der Waals surface area contributed by atoms with Gasteiger partial charge in [-0.15, -0.1) is 0 Å². The molecule has 0 amide bonds. The Balaban J connectivity index is 1.85. The summed E-state index contributed by atoms with van der Waals surface area (Å²) < 4.78 is 5.47. The summed E-state index contributed by atoms with van der Waals surface area (Å²) in [5, 5.41) is 9.87. The quantitative estimate of drug-likeness (QED) is 0.550. The summed E-state index contributed by atoms with van der Waals surface area (Å²) in [6.07, 6.45) is 3.39. The maximum atomic E-state index is 11.1. The van der Waals surface area contributed by atoms with Crippen molar-refractivity contribution in [3.8, 4) is 28.4 Å². The number of methoxy groups -OCH3 is 1. The van der Waals surface area contributed by atoms with Crippen molar-refractivity contribution in [3.63, 3.8) is 0 Å². The van der Waals surface area contributed by atoms with Crippen LogP contribution in [0.15, 0.2) is 67.0 Å². The molecule has 4 rings (SSSR count). The van der Waals surface area contributed by atoms with Gasteiger partial charge in [0, 0.05) is 30.1 Å². The van der Waals surface area contributed by atoms with Crippen molar-refractivity contribution in [1.29, 1.82) is 0 Å². The van der Waals surface area contributed by atoms with Gasteiger partial charge in [0.2, 0.25) is 5.88 Å². The molecule has 7 nitrogen and oxygen atoms in total. The molecule has 2 aromatic heterocycles. The Bertz CT molecular complexity index is 1150. The molecule has 0 aliphatic heterocycles. The predicted octanol–water partition coefficient (Wildman–Crippen LogP) is 4.17. The molecule has 0 spiro atoms. The summed E-state index contributed by atoms with van der Waals surface area (Å²) in [6, 6.07) is 16.1. The Morgan fingerprint density at radius 3 is 2.52 bits per heavy atom. The van der Waals surface area contributed by atoms with E-state index in [9.17, 15) is 4.91 Å². The summed E-state index contributed by atoms with van der Waals surface area (Å²) in [6.45, 7) is 0. The van der Waals surface area contributed by atoms with E-state index in [1.807, 2.05) is 36.4 Å². The van der Waals surface area contributed by atoms with Crippen LogP contribution in [0.2, 0.25) is 0 Å². The van der Waals surface area contributed by atoms with Gasteiger partial charge in [-0.25, -0.2) is 10.2 Å². The molecular weight excluding hydrogens is 344 g/mol. The fourth-order valence-corrected chi connectivity index (χ4v) is 2.86. The highest BCUT2D eigenvalue weighted by atomic mass is 16.6. The Morgan fingerprint density at radius 1 is 0.963 bits per heavy atom. The Morgan fingerprint density at radius 2 is 1.78 bits per heavy atom. The number of aromatic nitrogens is 3. The average molecular weight is 359 g/mol. The zero-order chi connectivity index (χ0) is 18.8. The van der Waals surface area contributed by atoms with Gasteiger partial charge >= 0.3 is 5.69 Å². The Kier molecular flexibility index (Phi) is 4.18. The Hall–Kier alpha value is -3.87. The fourth-order valence-electron chi connectivity index (χ4n) is 2.86. The van der Waals surface area contributed by atoms with Crippen LogP contribution in [0.4, 0.5) is 5.69 Å². The third-order valence-electron chi connectivity index (χ3n) is 4.17. The minimum atomic E-state index is -0.158. The monoisotopic (exact) mass is 359 g/mol. The van der Waals surface area contributed by atoms with E-state index in [1.54, 1.807) is 31.6 Å². The first-order valence-electron chi connectivity index (χ1n) is 8.18. The molecule has 0 saturated heterocycles. The van der Waals surface area contributed by atoms with Crippen molar-refractivity contribution >= 4 is 16.6 Å². The van der Waals surface area contributed by atoms with E-state index in [1.165, 1.54) is 6.07 Å². The second kappa shape index (κ2) is 6.80. The maximum absolute atomic E-state index is 11.1. The number of ether oxygens (including phenoxy) is 1. The molecule has 0 aliphatic rings. The van der Waals surface area contributed by atoms with E-state index in [0.29, 0.717) is 11.7 Å². The molecule has 0 atom stereocenters. The van der Waals surface area contributed by atoms with Crippen molar-refractivity contribution < 1.29 is 14.9 Å². The summed E-state index contributed by atoms with van der Waals surface area (Å²) in [7, 11) is 1.56. The summed E-state index contributed by atoms with van der Waals surface area (Å²) in [5.41, 5.74) is 3.31. The van der Waals surface area contributed by atoms with Crippen LogP contribution >= 0.6 is 0 Å². The first-order chi connectivity index (χ1) is 13.2. The highest BCUT2D eigenvalue weighted by molar-refractivity contribution is 5.89. The zero-order valence-electron chi connectivity index (χ0n) is 14.4. The van der Waals surface area contributed by atoms with E-state index in [0.717, 1.165) is 27.6 Å². The van der Waals surface area contributed by atoms with Gasteiger partial charge in [0.25, 0.3) is 4.92 Å². The van der Waals surface area contributed by atoms with E-state index in [4.69, 9.17) is 9.94 Å². The van der Waals surface area contributed by atoms with Crippen molar-refractivity contribution in [2.45, 2.75) is 0 Å². The largest absolute Gasteiger partial charge is 0.480 e. The third kappa shape index (κ3) is 3.18. The lowest BCUT2D eigenvalue weighted by atomic mass is 10.0. The molecule has 0 fully saturated rings. The third-order valence-corrected chi connectivity index (χ3v) is 4.17. The molecule has 0 aliphatic carbocycles. The van der Waals surface area contributed by atoms with E-state index in [-0.39, 0.29) is 10.6 Å². The molecule has 7 heteroatoms. The molecule has 4 aromatic rings. The fraction of sp³-hybridized carbons (Fsp3) is 0.0500. The first-order valence-corrected chi connectivity index (χ1v) is 8.18. The zero-order valence-corrected chi connectivity index (χ0v) is 14.4. The highest BCUT2D eigenvalue weighted by Crippen LogP contribution is 2.31. The molecule has 0 radical (unpaired) electrons. The number of fused-ring (bicyclic) bond motifs is 1. The number of rotatable bonds is 4. The molecule has 0 saturated carbocycles. The second-order valence-corrected chi connectivity index (χ2v) is 5.85. The van der Waals surface area contributed by atoms with Crippen molar-refractivity contribution in [2.75, 3.05) is 7.11 Å². The lowest BCUT2D eigenvalue weighted by Gasteiger charge is -2.09. The molecule has 132 valence electrons. The van der Waals surface area contributed by atoms with Gasteiger partial charge in [-0.05, 0) is 35.4 Å². The smallest absolute Gasteiger partial charge is 0.317 e. The van der Waals surface area contributed by atoms with Gasteiger partial charge in [-0.2, -0.15) is 4.98 Å². The van der Waals surface area contributed by atoms with Gasteiger partial charge in [0.15, 0.2) is 5.82 Å². The molecule has 2 aromatic carbocycles. The average Bonchev–Trinajstić information content (AvgIpc) is 2.73. The number of benzene rings is 2. The molecule has 1 N–H and O–H groups in total. The van der Waals surface area contributed by atoms with Crippen LogP contribution in [0.1, 0.15) is 0 Å². The van der Waals surface area contributed by atoms with Crippen LogP contribution in [-0.2, 0) is 0 Å². The maximum Gasteiger partial charge on any atom is 0.317 e. The minimum Gasteiger partial charge on any atom is -0.480 e.